The van der Waals surface area contributed by atoms with Crippen LogP contribution in [0.2, 0.25) is 0 Å². The summed E-state index contributed by atoms with van der Waals surface area (Å²) in [5.74, 6) is -0.695. The lowest BCUT2D eigenvalue weighted by Gasteiger charge is -2.07. The number of nitrogens with one attached hydrogen (secondary N) is 3. The Balaban J connectivity index is 1.85. The van der Waals surface area contributed by atoms with Crippen LogP contribution in [-0.2, 0) is 4.79 Å². The maximum Gasteiger partial charge on any atom is 0.261 e. The smallest absolute Gasteiger partial charge is 0.261 e. The van der Waals surface area contributed by atoms with Crippen molar-refractivity contribution in [3.63, 3.8) is 0 Å². The molecule has 0 saturated heterocycles. The van der Waals surface area contributed by atoms with Gasteiger partial charge in [-0.3, -0.25) is 14.4 Å². The minimum absolute atomic E-state index is 0.00379. The topological polar surface area (TPSA) is 104 Å². The lowest BCUT2D eigenvalue weighted by atomic mass is 10.1. The van der Waals surface area contributed by atoms with Gasteiger partial charge in [-0.2, -0.15) is 0 Å². The quantitative estimate of drug-likeness (QED) is 0.683. The molecule has 0 aliphatic carbocycles. The van der Waals surface area contributed by atoms with Gasteiger partial charge < -0.3 is 15.6 Å². The van der Waals surface area contributed by atoms with E-state index in [1.165, 1.54) is 13.1 Å². The SMILES string of the molecule is CC(=O)Nc1ccc(NC(=O)c2c[nH]c3nc(C)ccc3c2=O)cc1. The molecule has 0 aliphatic heterocycles. The van der Waals surface area contributed by atoms with Crippen molar-refractivity contribution in [3.05, 3.63) is 64.1 Å². The number of rotatable bonds is 3. The molecule has 0 atom stereocenters. The highest BCUT2D eigenvalue weighted by molar-refractivity contribution is 6.05. The molecule has 7 nitrogen and oxygen atoms in total. The van der Waals surface area contributed by atoms with E-state index in [1.807, 2.05) is 6.92 Å². The number of amides is 2. The van der Waals surface area contributed by atoms with Gasteiger partial charge in [-0.05, 0) is 43.3 Å². The van der Waals surface area contributed by atoms with E-state index >= 15 is 0 Å². The second kappa shape index (κ2) is 6.56. The highest BCUT2D eigenvalue weighted by Gasteiger charge is 2.14. The molecule has 0 aliphatic rings. The van der Waals surface area contributed by atoms with Crippen LogP contribution >= 0.6 is 0 Å². The summed E-state index contributed by atoms with van der Waals surface area (Å²) in [6, 6.07) is 9.98. The molecule has 126 valence electrons. The second-order valence-corrected chi connectivity index (χ2v) is 5.59. The van der Waals surface area contributed by atoms with Crippen LogP contribution in [0, 0.1) is 6.92 Å². The number of carbonyl (C=O) groups excluding carboxylic acids is 2. The number of aryl methyl sites for hydroxylation is 1. The molecule has 0 bridgehead atoms. The maximum atomic E-state index is 12.5. The maximum absolute atomic E-state index is 12.5. The summed E-state index contributed by atoms with van der Waals surface area (Å²) < 4.78 is 0. The number of carbonyl (C=O) groups is 2. The molecular formula is C18H16N4O3. The molecule has 3 rings (SSSR count). The predicted molar refractivity (Wildman–Crippen MR) is 95.8 cm³/mol. The lowest BCUT2D eigenvalue weighted by Crippen LogP contribution is -2.22. The van der Waals surface area contributed by atoms with Crippen molar-refractivity contribution in [3.8, 4) is 0 Å². The third-order valence-electron chi connectivity index (χ3n) is 3.58. The normalized spacial score (nSPS) is 10.5. The Morgan fingerprint density at radius 1 is 1.00 bits per heavy atom. The minimum atomic E-state index is -0.518. The van der Waals surface area contributed by atoms with E-state index in [0.717, 1.165) is 5.69 Å². The van der Waals surface area contributed by atoms with Crippen LogP contribution in [0.3, 0.4) is 0 Å². The molecule has 7 heteroatoms. The highest BCUT2D eigenvalue weighted by atomic mass is 16.2. The van der Waals surface area contributed by atoms with Crippen molar-refractivity contribution in [2.24, 2.45) is 0 Å². The average Bonchev–Trinajstić information content (AvgIpc) is 2.56. The number of hydrogen-bond donors (Lipinski definition) is 3. The number of H-pyrrole nitrogens is 1. The van der Waals surface area contributed by atoms with E-state index < -0.39 is 5.91 Å². The molecule has 0 radical (unpaired) electrons. The van der Waals surface area contributed by atoms with Gasteiger partial charge in [0.25, 0.3) is 5.91 Å². The van der Waals surface area contributed by atoms with Crippen LogP contribution in [0.1, 0.15) is 23.0 Å². The predicted octanol–water partition coefficient (Wildman–Crippen LogP) is 2.44. The van der Waals surface area contributed by atoms with Crippen LogP contribution in [0.25, 0.3) is 11.0 Å². The van der Waals surface area contributed by atoms with Gasteiger partial charge in [-0.1, -0.05) is 0 Å². The van der Waals surface area contributed by atoms with E-state index in [0.29, 0.717) is 22.4 Å². The number of hydrogen-bond acceptors (Lipinski definition) is 4. The first-order valence-electron chi connectivity index (χ1n) is 7.62. The zero-order valence-corrected chi connectivity index (χ0v) is 13.7. The molecule has 2 amide bonds. The van der Waals surface area contributed by atoms with E-state index in [2.05, 4.69) is 20.6 Å². The van der Waals surface area contributed by atoms with E-state index in [1.54, 1.807) is 36.4 Å². The zero-order valence-electron chi connectivity index (χ0n) is 13.7. The van der Waals surface area contributed by atoms with Gasteiger partial charge in [0, 0.05) is 30.2 Å². The molecule has 0 fully saturated rings. The molecule has 3 aromatic rings. The summed E-state index contributed by atoms with van der Waals surface area (Å²) in [7, 11) is 0. The number of pyridine rings is 2. The molecule has 2 aromatic heterocycles. The van der Waals surface area contributed by atoms with E-state index in [4.69, 9.17) is 0 Å². The Kier molecular flexibility index (Phi) is 4.30. The van der Waals surface area contributed by atoms with Gasteiger partial charge in [0.05, 0.1) is 5.39 Å². The lowest BCUT2D eigenvalue weighted by molar-refractivity contribution is -0.114. The first-order chi connectivity index (χ1) is 11.9. The molecule has 0 spiro atoms. The number of aromatic amines is 1. The largest absolute Gasteiger partial charge is 0.345 e. The van der Waals surface area contributed by atoms with Crippen LogP contribution in [0.4, 0.5) is 11.4 Å². The molecule has 2 heterocycles. The Morgan fingerprint density at radius 3 is 2.28 bits per heavy atom. The Labute approximate surface area is 143 Å². The van der Waals surface area contributed by atoms with Crippen molar-refractivity contribution in [2.45, 2.75) is 13.8 Å². The number of nitrogens with zero attached hydrogens (tertiary/aromatic N) is 1. The third-order valence-corrected chi connectivity index (χ3v) is 3.58. The Hall–Kier alpha value is -3.48. The standard InChI is InChI=1S/C18H16N4O3/c1-10-3-8-14-16(24)15(9-19-17(14)20-10)18(25)22-13-6-4-12(5-7-13)21-11(2)23/h3-9H,1-2H3,(H,21,23)(H,22,25)(H,19,20,24). The van der Waals surface area contributed by atoms with Crippen molar-refractivity contribution in [1.82, 2.24) is 9.97 Å². The van der Waals surface area contributed by atoms with Gasteiger partial charge in [-0.25, -0.2) is 4.98 Å². The van der Waals surface area contributed by atoms with Gasteiger partial charge in [0.2, 0.25) is 11.3 Å². The molecule has 25 heavy (non-hydrogen) atoms. The Bertz CT molecular complexity index is 1020. The van der Waals surface area contributed by atoms with Gasteiger partial charge >= 0.3 is 0 Å². The Morgan fingerprint density at radius 2 is 1.64 bits per heavy atom. The fraction of sp³-hybridized carbons (Fsp3) is 0.111. The van der Waals surface area contributed by atoms with Gasteiger partial charge in [0.15, 0.2) is 0 Å². The summed E-state index contributed by atoms with van der Waals surface area (Å²) in [5, 5.41) is 5.66. The number of benzene rings is 1. The molecule has 1 aromatic carbocycles. The van der Waals surface area contributed by atoms with Crippen LogP contribution < -0.4 is 16.1 Å². The first-order valence-corrected chi connectivity index (χ1v) is 7.62. The van der Waals surface area contributed by atoms with Crippen molar-refractivity contribution in [1.29, 1.82) is 0 Å². The number of fused-ring (bicyclic) bond motifs is 1. The van der Waals surface area contributed by atoms with Crippen molar-refractivity contribution >= 4 is 34.2 Å². The fourth-order valence-electron chi connectivity index (χ4n) is 2.41. The monoisotopic (exact) mass is 336 g/mol. The molecule has 3 N–H and O–H groups in total. The summed E-state index contributed by atoms with van der Waals surface area (Å²) in [5.41, 5.74) is 1.98. The zero-order chi connectivity index (χ0) is 18.0. The highest BCUT2D eigenvalue weighted by Crippen LogP contribution is 2.14. The van der Waals surface area contributed by atoms with Crippen LogP contribution in [0.15, 0.2) is 47.4 Å². The van der Waals surface area contributed by atoms with E-state index in [9.17, 15) is 14.4 Å². The second-order valence-electron chi connectivity index (χ2n) is 5.59. The van der Waals surface area contributed by atoms with Crippen LogP contribution in [0.5, 0.6) is 0 Å². The summed E-state index contributed by atoms with van der Waals surface area (Å²) >= 11 is 0. The summed E-state index contributed by atoms with van der Waals surface area (Å²) in [4.78, 5) is 43.0. The number of aromatic nitrogens is 2. The van der Waals surface area contributed by atoms with E-state index in [-0.39, 0.29) is 16.9 Å². The van der Waals surface area contributed by atoms with Crippen LogP contribution in [-0.4, -0.2) is 21.8 Å². The van der Waals surface area contributed by atoms with Crippen molar-refractivity contribution in [2.75, 3.05) is 10.6 Å². The molecular weight excluding hydrogens is 320 g/mol. The fourth-order valence-corrected chi connectivity index (χ4v) is 2.41. The average molecular weight is 336 g/mol. The first kappa shape index (κ1) is 16.4. The van der Waals surface area contributed by atoms with Gasteiger partial charge in [-0.15, -0.1) is 0 Å². The summed E-state index contributed by atoms with van der Waals surface area (Å²) in [6.45, 7) is 3.24. The number of anilines is 2. The minimum Gasteiger partial charge on any atom is -0.345 e. The molecule has 0 saturated carbocycles. The third kappa shape index (κ3) is 3.55. The van der Waals surface area contributed by atoms with Crippen molar-refractivity contribution < 1.29 is 9.59 Å². The van der Waals surface area contributed by atoms with Gasteiger partial charge in [0.1, 0.15) is 11.2 Å². The molecule has 0 unspecified atom stereocenters. The summed E-state index contributed by atoms with van der Waals surface area (Å²) in [6.07, 6.45) is 1.36.